The highest BCUT2D eigenvalue weighted by Crippen LogP contribution is 2.27. The molecule has 0 aliphatic carbocycles. The number of ether oxygens (including phenoxy) is 1. The van der Waals surface area contributed by atoms with Gasteiger partial charge in [0, 0.05) is 5.57 Å². The molecule has 0 amide bonds. The molecule has 0 saturated carbocycles. The molecule has 21 heavy (non-hydrogen) atoms. The van der Waals surface area contributed by atoms with Gasteiger partial charge in [-0.2, -0.15) is 0 Å². The topological polar surface area (TPSA) is 35.5 Å². The molecule has 0 saturated heterocycles. The molecule has 0 atom stereocenters. The minimum Gasteiger partial charge on any atom is -0.553 e. The number of esters is 1. The number of hydrogen-bond donors (Lipinski definition) is 0. The molecular formula is C17H26O3Si. The molecule has 1 rings (SSSR count). The van der Waals surface area contributed by atoms with Gasteiger partial charge < -0.3 is 9.16 Å². The second kappa shape index (κ2) is 8.67. The van der Waals surface area contributed by atoms with Gasteiger partial charge >= 0.3 is 5.97 Å². The van der Waals surface area contributed by atoms with Crippen molar-refractivity contribution in [2.45, 2.75) is 46.5 Å². The molecule has 1 aromatic carbocycles. The summed E-state index contributed by atoms with van der Waals surface area (Å²) >= 11 is 0. The van der Waals surface area contributed by atoms with Gasteiger partial charge in [0.1, 0.15) is 5.75 Å². The Balaban J connectivity index is 2.71. The molecule has 0 spiro atoms. The van der Waals surface area contributed by atoms with E-state index in [1.807, 2.05) is 0 Å². The van der Waals surface area contributed by atoms with Gasteiger partial charge in [-0.25, -0.2) is 4.79 Å². The molecule has 0 bridgehead atoms. The lowest BCUT2D eigenvalue weighted by Crippen LogP contribution is -2.08. The first-order valence-electron chi connectivity index (χ1n) is 7.55. The molecule has 0 radical (unpaired) electrons. The van der Waals surface area contributed by atoms with Crippen molar-refractivity contribution in [1.29, 1.82) is 0 Å². The first-order valence-corrected chi connectivity index (χ1v) is 8.36. The molecule has 0 N–H and O–H groups in total. The summed E-state index contributed by atoms with van der Waals surface area (Å²) in [4.78, 5) is 11.3. The third-order valence-corrected chi connectivity index (χ3v) is 4.02. The van der Waals surface area contributed by atoms with E-state index < -0.39 is 0 Å². The number of hydrogen-bond acceptors (Lipinski definition) is 3. The van der Waals surface area contributed by atoms with Gasteiger partial charge in [-0.05, 0) is 55.4 Å². The second-order valence-corrected chi connectivity index (χ2v) is 5.52. The SMILES string of the molecule is C=C(C)C(=O)OCCCc1ccc(O[SiH3])c(CC)c1CC. The predicted molar refractivity (Wildman–Crippen MR) is 89.9 cm³/mol. The summed E-state index contributed by atoms with van der Waals surface area (Å²) in [7, 11) is 0.712. The zero-order valence-electron chi connectivity index (χ0n) is 13.6. The van der Waals surface area contributed by atoms with Crippen LogP contribution in [0.25, 0.3) is 0 Å². The van der Waals surface area contributed by atoms with Crippen LogP contribution < -0.4 is 4.43 Å². The molecule has 0 heterocycles. The van der Waals surface area contributed by atoms with Crippen LogP contribution >= 0.6 is 0 Å². The molecule has 0 aliphatic heterocycles. The van der Waals surface area contributed by atoms with Gasteiger partial charge in [0.2, 0.25) is 10.5 Å². The van der Waals surface area contributed by atoms with Crippen LogP contribution in [0.5, 0.6) is 5.75 Å². The minimum atomic E-state index is -0.306. The van der Waals surface area contributed by atoms with Crippen LogP contribution in [0.2, 0.25) is 0 Å². The fourth-order valence-corrected chi connectivity index (χ4v) is 2.91. The van der Waals surface area contributed by atoms with Crippen molar-refractivity contribution in [2.75, 3.05) is 6.61 Å². The maximum atomic E-state index is 11.3. The molecule has 0 aliphatic rings. The summed E-state index contributed by atoms with van der Waals surface area (Å²) in [5, 5.41) is 0. The monoisotopic (exact) mass is 306 g/mol. The quantitative estimate of drug-likeness (QED) is 0.320. The van der Waals surface area contributed by atoms with Crippen molar-refractivity contribution < 1.29 is 14.0 Å². The first-order chi connectivity index (χ1) is 10.0. The van der Waals surface area contributed by atoms with E-state index >= 15 is 0 Å². The summed E-state index contributed by atoms with van der Waals surface area (Å²) in [6.45, 7) is 10.0. The van der Waals surface area contributed by atoms with E-state index in [4.69, 9.17) is 9.16 Å². The van der Waals surface area contributed by atoms with Crippen LogP contribution in [0.4, 0.5) is 0 Å². The van der Waals surface area contributed by atoms with Crippen molar-refractivity contribution in [1.82, 2.24) is 0 Å². The van der Waals surface area contributed by atoms with E-state index in [1.54, 1.807) is 6.92 Å². The second-order valence-electron chi connectivity index (χ2n) is 5.11. The molecule has 1 aromatic rings. The summed E-state index contributed by atoms with van der Waals surface area (Å²) in [6.07, 6.45) is 3.74. The van der Waals surface area contributed by atoms with Crippen molar-refractivity contribution in [3.8, 4) is 5.75 Å². The highest BCUT2D eigenvalue weighted by atomic mass is 28.2. The fraction of sp³-hybridized carbons (Fsp3) is 0.471. The molecule has 3 nitrogen and oxygen atoms in total. The standard InChI is InChI=1S/C17H26O3Si/c1-5-14-13(8-7-11-19-17(18)12(3)4)9-10-16(20-21)15(14)6-2/h9-10H,3,5-8,11H2,1-2,4,21H3. The van der Waals surface area contributed by atoms with Gasteiger partial charge in [-0.1, -0.05) is 26.5 Å². The number of aryl methyl sites for hydroxylation is 1. The summed E-state index contributed by atoms with van der Waals surface area (Å²) in [5.41, 5.74) is 4.50. The zero-order chi connectivity index (χ0) is 15.8. The highest BCUT2D eigenvalue weighted by Gasteiger charge is 2.11. The van der Waals surface area contributed by atoms with Crippen LogP contribution in [0.1, 0.15) is 43.9 Å². The van der Waals surface area contributed by atoms with Crippen molar-refractivity contribution in [2.24, 2.45) is 0 Å². The van der Waals surface area contributed by atoms with E-state index in [0.717, 1.165) is 31.4 Å². The van der Waals surface area contributed by atoms with E-state index in [2.05, 4.69) is 32.6 Å². The third-order valence-electron chi connectivity index (χ3n) is 3.58. The average molecular weight is 306 g/mol. The van der Waals surface area contributed by atoms with Gasteiger partial charge in [-0.15, -0.1) is 0 Å². The Bertz CT molecular complexity index is 509. The molecule has 0 unspecified atom stereocenters. The lowest BCUT2D eigenvalue weighted by Gasteiger charge is -2.16. The van der Waals surface area contributed by atoms with E-state index in [9.17, 15) is 4.79 Å². The Morgan fingerprint density at radius 3 is 2.43 bits per heavy atom. The number of carbonyl (C=O) groups excluding carboxylic acids is 1. The summed E-state index contributed by atoms with van der Waals surface area (Å²) in [6, 6.07) is 4.21. The van der Waals surface area contributed by atoms with Crippen molar-refractivity contribution in [3.05, 3.63) is 41.0 Å². The Morgan fingerprint density at radius 1 is 1.24 bits per heavy atom. The lowest BCUT2D eigenvalue weighted by atomic mass is 9.94. The largest absolute Gasteiger partial charge is 0.553 e. The maximum absolute atomic E-state index is 11.3. The van der Waals surface area contributed by atoms with Crippen LogP contribution in [-0.4, -0.2) is 23.1 Å². The van der Waals surface area contributed by atoms with Crippen LogP contribution in [-0.2, 0) is 28.8 Å². The van der Waals surface area contributed by atoms with E-state index in [-0.39, 0.29) is 5.97 Å². The Hall–Kier alpha value is -1.55. The van der Waals surface area contributed by atoms with Crippen LogP contribution in [0, 0.1) is 0 Å². The third kappa shape index (κ3) is 4.74. The molecule has 0 fully saturated rings. The number of carbonyl (C=O) groups is 1. The van der Waals surface area contributed by atoms with Crippen LogP contribution in [0.15, 0.2) is 24.3 Å². The summed E-state index contributed by atoms with van der Waals surface area (Å²) in [5.74, 6) is 0.720. The number of rotatable bonds is 8. The van der Waals surface area contributed by atoms with Crippen molar-refractivity contribution >= 4 is 16.5 Å². The van der Waals surface area contributed by atoms with Crippen LogP contribution in [0.3, 0.4) is 0 Å². The Morgan fingerprint density at radius 2 is 1.90 bits per heavy atom. The Labute approximate surface area is 130 Å². The van der Waals surface area contributed by atoms with E-state index in [1.165, 1.54) is 16.7 Å². The molecular weight excluding hydrogens is 280 g/mol. The summed E-state index contributed by atoms with van der Waals surface area (Å²) < 4.78 is 10.7. The van der Waals surface area contributed by atoms with Gasteiger partial charge in [-0.3, -0.25) is 0 Å². The van der Waals surface area contributed by atoms with Gasteiger partial charge in [0.05, 0.1) is 6.61 Å². The number of benzene rings is 1. The smallest absolute Gasteiger partial charge is 0.333 e. The minimum absolute atomic E-state index is 0.306. The molecule has 0 aromatic heterocycles. The van der Waals surface area contributed by atoms with Crippen molar-refractivity contribution in [3.63, 3.8) is 0 Å². The van der Waals surface area contributed by atoms with Gasteiger partial charge in [0.25, 0.3) is 0 Å². The highest BCUT2D eigenvalue weighted by molar-refractivity contribution is 6.00. The van der Waals surface area contributed by atoms with Gasteiger partial charge in [0.15, 0.2) is 0 Å². The molecule has 116 valence electrons. The zero-order valence-corrected chi connectivity index (χ0v) is 15.6. The predicted octanol–water partition coefficient (Wildman–Crippen LogP) is 2.52. The normalized spacial score (nSPS) is 10.4. The Kier molecular flexibility index (Phi) is 7.23. The van der Waals surface area contributed by atoms with E-state index in [0.29, 0.717) is 22.7 Å². The fourth-order valence-electron chi connectivity index (χ4n) is 2.52. The average Bonchev–Trinajstić information content (AvgIpc) is 2.49. The first kappa shape index (κ1) is 17.5. The maximum Gasteiger partial charge on any atom is 0.333 e. The molecule has 4 heteroatoms. The lowest BCUT2D eigenvalue weighted by molar-refractivity contribution is -0.139.